The second-order valence-corrected chi connectivity index (χ2v) is 5.19. The van der Waals surface area contributed by atoms with E-state index in [9.17, 15) is 9.90 Å². The van der Waals surface area contributed by atoms with Gasteiger partial charge in [-0.25, -0.2) is 0 Å². The molecule has 0 heterocycles. The number of rotatable bonds is 4. The lowest BCUT2D eigenvalue weighted by molar-refractivity contribution is -0.139. The van der Waals surface area contributed by atoms with Gasteiger partial charge >= 0.3 is 5.97 Å². The van der Waals surface area contributed by atoms with E-state index in [1.54, 1.807) is 13.2 Å². The second-order valence-electron chi connectivity index (χ2n) is 4.81. The molecule has 1 N–H and O–H groups in total. The number of hydrogen-bond donors (Lipinski definition) is 1. The van der Waals surface area contributed by atoms with Gasteiger partial charge in [0.25, 0.3) is 0 Å². The van der Waals surface area contributed by atoms with Crippen LogP contribution in [0, 0.1) is 19.8 Å². The first-order valence-electron chi connectivity index (χ1n) is 5.87. The molecule has 0 aliphatic heterocycles. The fourth-order valence-electron chi connectivity index (χ4n) is 2.23. The Morgan fingerprint density at radius 1 is 1.39 bits per heavy atom. The SMILES string of the molecule is COc1cc(C)c(Cl)c(C)c1C(C(=O)O)C(C)C. The molecule has 18 heavy (non-hydrogen) atoms. The predicted octanol–water partition coefficient (Wildman–Crippen LogP) is 3.79. The second kappa shape index (κ2) is 5.61. The minimum atomic E-state index is -0.855. The van der Waals surface area contributed by atoms with Crippen LogP contribution in [0.25, 0.3) is 0 Å². The maximum atomic E-state index is 11.5. The highest BCUT2D eigenvalue weighted by molar-refractivity contribution is 6.32. The predicted molar refractivity (Wildman–Crippen MR) is 72.7 cm³/mol. The normalized spacial score (nSPS) is 12.6. The summed E-state index contributed by atoms with van der Waals surface area (Å²) in [6.07, 6.45) is 0. The molecule has 0 aliphatic rings. The van der Waals surface area contributed by atoms with Crippen molar-refractivity contribution in [3.8, 4) is 5.75 Å². The number of methoxy groups -OCH3 is 1. The lowest BCUT2D eigenvalue weighted by Crippen LogP contribution is -2.19. The number of hydrogen-bond acceptors (Lipinski definition) is 2. The number of aliphatic carboxylic acids is 1. The molecule has 0 fully saturated rings. The molecule has 0 radical (unpaired) electrons. The zero-order chi connectivity index (χ0) is 14.0. The number of aryl methyl sites for hydroxylation is 1. The van der Waals surface area contributed by atoms with E-state index in [4.69, 9.17) is 16.3 Å². The molecule has 1 atom stereocenters. The van der Waals surface area contributed by atoms with Crippen molar-refractivity contribution < 1.29 is 14.6 Å². The molecule has 0 aliphatic carbocycles. The average molecular weight is 271 g/mol. The zero-order valence-corrected chi connectivity index (χ0v) is 12.1. The van der Waals surface area contributed by atoms with E-state index in [0.717, 1.165) is 11.1 Å². The summed E-state index contributed by atoms with van der Waals surface area (Å²) in [7, 11) is 1.55. The Morgan fingerprint density at radius 3 is 2.33 bits per heavy atom. The Labute approximate surface area is 113 Å². The molecule has 0 saturated carbocycles. The molecule has 0 saturated heterocycles. The Morgan fingerprint density at radius 2 is 1.94 bits per heavy atom. The third-order valence-electron chi connectivity index (χ3n) is 3.16. The van der Waals surface area contributed by atoms with Gasteiger partial charge in [-0.1, -0.05) is 25.4 Å². The van der Waals surface area contributed by atoms with Gasteiger partial charge in [0.15, 0.2) is 0 Å². The van der Waals surface area contributed by atoms with Crippen molar-refractivity contribution in [1.82, 2.24) is 0 Å². The molecule has 4 heteroatoms. The quantitative estimate of drug-likeness (QED) is 0.905. The van der Waals surface area contributed by atoms with Crippen molar-refractivity contribution in [3.63, 3.8) is 0 Å². The highest BCUT2D eigenvalue weighted by Gasteiger charge is 2.29. The molecule has 3 nitrogen and oxygen atoms in total. The van der Waals surface area contributed by atoms with Crippen LogP contribution in [0.3, 0.4) is 0 Å². The van der Waals surface area contributed by atoms with Crippen LogP contribution in [0.4, 0.5) is 0 Å². The number of carboxylic acid groups (broad SMARTS) is 1. The summed E-state index contributed by atoms with van der Waals surface area (Å²) in [5, 5.41) is 10.0. The van der Waals surface area contributed by atoms with Crippen molar-refractivity contribution in [2.24, 2.45) is 5.92 Å². The van der Waals surface area contributed by atoms with Crippen LogP contribution in [-0.4, -0.2) is 18.2 Å². The summed E-state index contributed by atoms with van der Waals surface area (Å²) in [5.74, 6) is -0.909. The highest BCUT2D eigenvalue weighted by atomic mass is 35.5. The molecule has 0 amide bonds. The largest absolute Gasteiger partial charge is 0.496 e. The third kappa shape index (κ3) is 2.61. The van der Waals surface area contributed by atoms with E-state index in [2.05, 4.69) is 0 Å². The molecule has 1 rings (SSSR count). The van der Waals surface area contributed by atoms with Gasteiger partial charge in [-0.05, 0) is 37.0 Å². The van der Waals surface area contributed by atoms with Crippen molar-refractivity contribution in [2.75, 3.05) is 7.11 Å². The number of benzene rings is 1. The van der Waals surface area contributed by atoms with Gasteiger partial charge in [-0.3, -0.25) is 4.79 Å². The fraction of sp³-hybridized carbons (Fsp3) is 0.500. The van der Waals surface area contributed by atoms with Crippen molar-refractivity contribution >= 4 is 17.6 Å². The average Bonchev–Trinajstić information content (AvgIpc) is 2.28. The van der Waals surface area contributed by atoms with Gasteiger partial charge < -0.3 is 9.84 Å². The fourth-order valence-corrected chi connectivity index (χ4v) is 2.39. The Balaban J connectivity index is 3.55. The van der Waals surface area contributed by atoms with Crippen LogP contribution >= 0.6 is 11.6 Å². The third-order valence-corrected chi connectivity index (χ3v) is 3.74. The van der Waals surface area contributed by atoms with E-state index in [1.807, 2.05) is 27.7 Å². The summed E-state index contributed by atoms with van der Waals surface area (Å²) in [6.45, 7) is 7.48. The first-order valence-corrected chi connectivity index (χ1v) is 6.25. The van der Waals surface area contributed by atoms with E-state index in [-0.39, 0.29) is 5.92 Å². The first kappa shape index (κ1) is 14.8. The van der Waals surface area contributed by atoms with Gasteiger partial charge in [0.05, 0.1) is 13.0 Å². The smallest absolute Gasteiger partial charge is 0.311 e. The maximum Gasteiger partial charge on any atom is 0.311 e. The van der Waals surface area contributed by atoms with Crippen LogP contribution in [-0.2, 0) is 4.79 Å². The lowest BCUT2D eigenvalue weighted by atomic mass is 9.84. The van der Waals surface area contributed by atoms with Crippen LogP contribution in [0.1, 0.15) is 36.5 Å². The molecular weight excluding hydrogens is 252 g/mol. The molecule has 1 aromatic rings. The molecule has 0 spiro atoms. The number of carboxylic acids is 1. The van der Waals surface area contributed by atoms with Crippen molar-refractivity contribution in [3.05, 3.63) is 27.8 Å². The monoisotopic (exact) mass is 270 g/mol. The van der Waals surface area contributed by atoms with Gasteiger partial charge in [0, 0.05) is 10.6 Å². The number of ether oxygens (including phenoxy) is 1. The van der Waals surface area contributed by atoms with Gasteiger partial charge in [0.1, 0.15) is 5.75 Å². The Bertz CT molecular complexity index is 467. The molecular formula is C14H19ClO3. The summed E-state index contributed by atoms with van der Waals surface area (Å²) in [6, 6.07) is 1.79. The summed E-state index contributed by atoms with van der Waals surface area (Å²) in [5.41, 5.74) is 2.35. The molecule has 0 aromatic heterocycles. The first-order chi connectivity index (χ1) is 8.31. The Kier molecular flexibility index (Phi) is 4.63. The van der Waals surface area contributed by atoms with Crippen LogP contribution < -0.4 is 4.74 Å². The molecule has 1 unspecified atom stereocenters. The standard InChI is InChI=1S/C14H19ClO3/c1-7(2)11(14(16)17)12-9(4)13(15)8(3)6-10(12)18-5/h6-7,11H,1-5H3,(H,16,17). The minimum absolute atomic E-state index is 0.0335. The van der Waals surface area contributed by atoms with E-state index >= 15 is 0 Å². The number of halogens is 1. The van der Waals surface area contributed by atoms with Crippen molar-refractivity contribution in [1.29, 1.82) is 0 Å². The van der Waals surface area contributed by atoms with Crippen molar-refractivity contribution in [2.45, 2.75) is 33.6 Å². The summed E-state index contributed by atoms with van der Waals surface area (Å²) >= 11 is 6.22. The Hall–Kier alpha value is -1.22. The highest BCUT2D eigenvalue weighted by Crippen LogP contribution is 2.39. The minimum Gasteiger partial charge on any atom is -0.496 e. The van der Waals surface area contributed by atoms with Gasteiger partial charge in [-0.2, -0.15) is 0 Å². The zero-order valence-electron chi connectivity index (χ0n) is 11.4. The van der Waals surface area contributed by atoms with Crippen LogP contribution in [0.2, 0.25) is 5.02 Å². The summed E-state index contributed by atoms with van der Waals surface area (Å²) in [4.78, 5) is 11.5. The van der Waals surface area contributed by atoms with Crippen LogP contribution in [0.5, 0.6) is 5.75 Å². The maximum absolute atomic E-state index is 11.5. The molecule has 100 valence electrons. The van der Waals surface area contributed by atoms with E-state index < -0.39 is 11.9 Å². The van der Waals surface area contributed by atoms with E-state index in [0.29, 0.717) is 16.3 Å². The van der Waals surface area contributed by atoms with Gasteiger partial charge in [-0.15, -0.1) is 0 Å². The summed E-state index contributed by atoms with van der Waals surface area (Å²) < 4.78 is 5.32. The molecule has 0 bridgehead atoms. The molecule has 1 aromatic carbocycles. The van der Waals surface area contributed by atoms with Crippen LogP contribution in [0.15, 0.2) is 6.07 Å². The topological polar surface area (TPSA) is 46.5 Å². The lowest BCUT2D eigenvalue weighted by Gasteiger charge is -2.23. The van der Waals surface area contributed by atoms with E-state index in [1.165, 1.54) is 0 Å². The number of carbonyl (C=O) groups is 1. The van der Waals surface area contributed by atoms with Gasteiger partial charge in [0.2, 0.25) is 0 Å².